The van der Waals surface area contributed by atoms with Crippen LogP contribution in [0.2, 0.25) is 0 Å². The lowest BCUT2D eigenvalue weighted by Gasteiger charge is -2.27. The van der Waals surface area contributed by atoms with Crippen molar-refractivity contribution in [2.75, 3.05) is 39.3 Å². The highest BCUT2D eigenvalue weighted by atomic mass is 35.5. The summed E-state index contributed by atoms with van der Waals surface area (Å²) in [5.74, 6) is 0.542. The Morgan fingerprint density at radius 3 is 2.67 bits per heavy atom. The maximum absolute atomic E-state index is 11.9. The Balaban J connectivity index is 0.00000162. The molecule has 1 aliphatic carbocycles. The second kappa shape index (κ2) is 6.73. The Morgan fingerprint density at radius 2 is 2.11 bits per heavy atom. The molecule has 5 heteroatoms. The molecule has 1 saturated carbocycles. The van der Waals surface area contributed by atoms with Gasteiger partial charge in [0.05, 0.1) is 0 Å². The quantitative estimate of drug-likeness (QED) is 0.783. The third-order valence-electron chi connectivity index (χ3n) is 4.41. The second-order valence-electron chi connectivity index (χ2n) is 5.65. The first kappa shape index (κ1) is 15.7. The summed E-state index contributed by atoms with van der Waals surface area (Å²) in [5.41, 5.74) is 0.291. The molecule has 0 bridgehead atoms. The maximum Gasteiger partial charge on any atom is 0.223 e. The van der Waals surface area contributed by atoms with Gasteiger partial charge in [-0.05, 0) is 18.3 Å². The molecule has 106 valence electrons. The molecule has 0 aromatic carbocycles. The van der Waals surface area contributed by atoms with Crippen LogP contribution in [0.1, 0.15) is 26.7 Å². The molecule has 1 aliphatic heterocycles. The number of nitrogens with zero attached hydrogens (tertiary/aromatic N) is 1. The lowest BCUT2D eigenvalue weighted by molar-refractivity contribution is -0.123. The van der Waals surface area contributed by atoms with Gasteiger partial charge >= 0.3 is 0 Å². The molecule has 0 aromatic heterocycles. The van der Waals surface area contributed by atoms with Crippen molar-refractivity contribution in [3.8, 4) is 0 Å². The normalized spacial score (nSPS) is 31.6. The van der Waals surface area contributed by atoms with Gasteiger partial charge < -0.3 is 10.6 Å². The Hall–Kier alpha value is -0.320. The number of halogens is 1. The smallest absolute Gasteiger partial charge is 0.223 e. The van der Waals surface area contributed by atoms with Crippen molar-refractivity contribution in [2.24, 2.45) is 11.3 Å². The van der Waals surface area contributed by atoms with Crippen LogP contribution in [-0.2, 0) is 4.79 Å². The Bertz CT molecular complexity index is 281. The third-order valence-corrected chi connectivity index (χ3v) is 4.41. The van der Waals surface area contributed by atoms with E-state index in [0.717, 1.165) is 52.1 Å². The van der Waals surface area contributed by atoms with Gasteiger partial charge in [0.15, 0.2) is 0 Å². The highest BCUT2D eigenvalue weighted by Gasteiger charge is 2.52. The molecule has 1 heterocycles. The van der Waals surface area contributed by atoms with E-state index in [4.69, 9.17) is 0 Å². The standard InChI is InChI=1S/C13H25N3O.ClH/c1-3-13(2)10-11(13)12(17)15-6-9-16-7-4-14-5-8-16;/h11,14H,3-10H2,1-2H3,(H,15,17);1H. The Labute approximate surface area is 116 Å². The summed E-state index contributed by atoms with van der Waals surface area (Å²) in [4.78, 5) is 14.3. The number of amides is 1. The number of nitrogens with one attached hydrogen (secondary N) is 2. The predicted molar refractivity (Wildman–Crippen MR) is 76.1 cm³/mol. The summed E-state index contributed by atoms with van der Waals surface area (Å²) < 4.78 is 0. The van der Waals surface area contributed by atoms with Crippen LogP contribution in [0.15, 0.2) is 0 Å². The third kappa shape index (κ3) is 3.84. The van der Waals surface area contributed by atoms with Crippen LogP contribution < -0.4 is 10.6 Å². The molecule has 2 atom stereocenters. The van der Waals surface area contributed by atoms with E-state index < -0.39 is 0 Å². The molecule has 1 amide bonds. The van der Waals surface area contributed by atoms with E-state index in [1.54, 1.807) is 0 Å². The topological polar surface area (TPSA) is 44.4 Å². The fourth-order valence-corrected chi connectivity index (χ4v) is 2.60. The number of hydrogen-bond acceptors (Lipinski definition) is 3. The van der Waals surface area contributed by atoms with Gasteiger partial charge in [-0.3, -0.25) is 9.69 Å². The van der Waals surface area contributed by atoms with Gasteiger partial charge in [-0.15, -0.1) is 12.4 Å². The predicted octanol–water partition coefficient (Wildman–Crippen LogP) is 0.866. The number of carbonyl (C=O) groups excluding carboxylic acids is 1. The lowest BCUT2D eigenvalue weighted by Crippen LogP contribution is -2.46. The van der Waals surface area contributed by atoms with Crippen LogP contribution in [0.25, 0.3) is 0 Å². The fraction of sp³-hybridized carbons (Fsp3) is 0.923. The van der Waals surface area contributed by atoms with Gasteiger partial charge in [-0.2, -0.15) is 0 Å². The number of piperazine rings is 1. The number of carbonyl (C=O) groups is 1. The van der Waals surface area contributed by atoms with Crippen molar-refractivity contribution in [3.05, 3.63) is 0 Å². The molecule has 0 aromatic rings. The largest absolute Gasteiger partial charge is 0.355 e. The van der Waals surface area contributed by atoms with Gasteiger partial charge in [-0.1, -0.05) is 13.8 Å². The molecule has 2 aliphatic rings. The lowest BCUT2D eigenvalue weighted by atomic mass is 10.0. The Kier molecular flexibility index (Phi) is 5.89. The summed E-state index contributed by atoms with van der Waals surface area (Å²) in [6, 6.07) is 0. The number of hydrogen-bond donors (Lipinski definition) is 2. The highest BCUT2D eigenvalue weighted by Crippen LogP contribution is 2.54. The van der Waals surface area contributed by atoms with Crippen LogP contribution in [0.4, 0.5) is 0 Å². The zero-order chi connectivity index (χ0) is 12.3. The van der Waals surface area contributed by atoms with Crippen molar-refractivity contribution in [3.63, 3.8) is 0 Å². The minimum absolute atomic E-state index is 0. The van der Waals surface area contributed by atoms with Crippen molar-refractivity contribution in [1.82, 2.24) is 15.5 Å². The summed E-state index contributed by atoms with van der Waals surface area (Å²) in [6.07, 6.45) is 2.19. The van der Waals surface area contributed by atoms with Gasteiger partial charge in [0, 0.05) is 45.2 Å². The van der Waals surface area contributed by atoms with Crippen LogP contribution in [0, 0.1) is 11.3 Å². The monoisotopic (exact) mass is 275 g/mol. The fourth-order valence-electron chi connectivity index (χ4n) is 2.60. The molecular formula is C13H26ClN3O. The SMILES string of the molecule is CCC1(C)CC1C(=O)NCCN1CCNCC1.Cl. The molecule has 2 N–H and O–H groups in total. The van der Waals surface area contributed by atoms with E-state index >= 15 is 0 Å². The molecule has 18 heavy (non-hydrogen) atoms. The summed E-state index contributed by atoms with van der Waals surface area (Å²) >= 11 is 0. The van der Waals surface area contributed by atoms with E-state index in [1.807, 2.05) is 0 Å². The maximum atomic E-state index is 11.9. The second-order valence-corrected chi connectivity index (χ2v) is 5.65. The van der Waals surface area contributed by atoms with Crippen molar-refractivity contribution in [1.29, 1.82) is 0 Å². The molecule has 2 fully saturated rings. The first-order valence-corrected chi connectivity index (χ1v) is 6.86. The number of rotatable bonds is 5. The van der Waals surface area contributed by atoms with Crippen LogP contribution >= 0.6 is 12.4 Å². The van der Waals surface area contributed by atoms with Crippen LogP contribution in [-0.4, -0.2) is 50.1 Å². The van der Waals surface area contributed by atoms with Crippen molar-refractivity contribution >= 4 is 18.3 Å². The van der Waals surface area contributed by atoms with Crippen molar-refractivity contribution < 1.29 is 4.79 Å². The zero-order valence-electron chi connectivity index (χ0n) is 11.5. The average molecular weight is 276 g/mol. The molecule has 4 nitrogen and oxygen atoms in total. The molecule has 0 spiro atoms. The van der Waals surface area contributed by atoms with E-state index in [0.29, 0.717) is 5.41 Å². The average Bonchev–Trinajstić information content (AvgIpc) is 3.04. The first-order chi connectivity index (χ1) is 8.15. The molecule has 0 radical (unpaired) electrons. The highest BCUT2D eigenvalue weighted by molar-refractivity contribution is 5.85. The van der Waals surface area contributed by atoms with Gasteiger partial charge in [0.1, 0.15) is 0 Å². The van der Waals surface area contributed by atoms with E-state index in [9.17, 15) is 4.79 Å². The van der Waals surface area contributed by atoms with E-state index in [2.05, 4.69) is 29.4 Å². The minimum atomic E-state index is 0. The van der Waals surface area contributed by atoms with Crippen LogP contribution in [0.3, 0.4) is 0 Å². The summed E-state index contributed by atoms with van der Waals surface area (Å²) in [7, 11) is 0. The Morgan fingerprint density at radius 1 is 1.44 bits per heavy atom. The van der Waals surface area contributed by atoms with Crippen LogP contribution in [0.5, 0.6) is 0 Å². The van der Waals surface area contributed by atoms with E-state index in [-0.39, 0.29) is 24.2 Å². The molecule has 2 unspecified atom stereocenters. The van der Waals surface area contributed by atoms with E-state index in [1.165, 1.54) is 0 Å². The zero-order valence-corrected chi connectivity index (χ0v) is 12.3. The first-order valence-electron chi connectivity index (χ1n) is 6.86. The summed E-state index contributed by atoms with van der Waals surface area (Å²) in [5, 5.41) is 6.41. The van der Waals surface area contributed by atoms with Crippen molar-refractivity contribution in [2.45, 2.75) is 26.7 Å². The molecule has 1 saturated heterocycles. The van der Waals surface area contributed by atoms with Gasteiger partial charge in [0.2, 0.25) is 5.91 Å². The molecular weight excluding hydrogens is 250 g/mol. The summed E-state index contributed by atoms with van der Waals surface area (Å²) in [6.45, 7) is 10.5. The molecule has 2 rings (SSSR count). The van der Waals surface area contributed by atoms with Gasteiger partial charge in [0.25, 0.3) is 0 Å². The minimum Gasteiger partial charge on any atom is -0.355 e. The van der Waals surface area contributed by atoms with Gasteiger partial charge in [-0.25, -0.2) is 0 Å².